The number of aliphatic hydroxyl groups excluding tert-OH is 1. The van der Waals surface area contributed by atoms with Gasteiger partial charge < -0.3 is 10.8 Å². The second-order valence-electron chi connectivity index (χ2n) is 6.90. The van der Waals surface area contributed by atoms with Crippen LogP contribution in [0.2, 0.25) is 0 Å². The molecule has 1 aromatic rings. The van der Waals surface area contributed by atoms with Crippen LogP contribution < -0.4 is 5.73 Å². The minimum absolute atomic E-state index is 0.0559. The Bertz CT molecular complexity index is 374. The van der Waals surface area contributed by atoms with Gasteiger partial charge in [-0.05, 0) is 30.4 Å². The van der Waals surface area contributed by atoms with Crippen molar-refractivity contribution in [2.24, 2.45) is 5.73 Å². The van der Waals surface area contributed by atoms with Crippen LogP contribution in [0.3, 0.4) is 0 Å². The van der Waals surface area contributed by atoms with E-state index in [0.29, 0.717) is 0 Å². The Morgan fingerprint density at radius 2 is 1.26 bits per heavy atom. The quantitative estimate of drug-likeness (QED) is 0.473. The van der Waals surface area contributed by atoms with Gasteiger partial charge in [0.05, 0.1) is 6.61 Å². The molecule has 0 unspecified atom stereocenters. The summed E-state index contributed by atoms with van der Waals surface area (Å²) in [5, 5.41) is 8.98. The Morgan fingerprint density at radius 3 is 1.78 bits per heavy atom. The first-order valence-corrected chi connectivity index (χ1v) is 9.70. The Kier molecular flexibility index (Phi) is 11.9. The van der Waals surface area contributed by atoms with Gasteiger partial charge >= 0.3 is 0 Å². The van der Waals surface area contributed by atoms with Crippen LogP contribution >= 0.6 is 0 Å². The van der Waals surface area contributed by atoms with E-state index in [2.05, 4.69) is 31.2 Å². The number of benzene rings is 1. The number of hydrogen-bond acceptors (Lipinski definition) is 2. The predicted octanol–water partition coefficient (Wildman–Crippen LogP) is 5.01. The zero-order valence-electron chi connectivity index (χ0n) is 15.1. The molecular weight excluding hydrogens is 282 g/mol. The van der Waals surface area contributed by atoms with E-state index in [1.165, 1.54) is 81.8 Å². The van der Waals surface area contributed by atoms with Gasteiger partial charge in [0, 0.05) is 6.04 Å². The zero-order valence-corrected chi connectivity index (χ0v) is 15.1. The molecule has 0 heterocycles. The van der Waals surface area contributed by atoms with Crippen molar-refractivity contribution in [2.45, 2.75) is 90.0 Å². The highest BCUT2D eigenvalue weighted by atomic mass is 16.3. The molecule has 2 heteroatoms. The summed E-state index contributed by atoms with van der Waals surface area (Å²) in [6.07, 6.45) is 15.8. The van der Waals surface area contributed by atoms with Gasteiger partial charge in [0.1, 0.15) is 0 Å². The highest BCUT2D eigenvalue weighted by Crippen LogP contribution is 2.13. The van der Waals surface area contributed by atoms with Gasteiger partial charge in [-0.2, -0.15) is 0 Å². The number of rotatable bonds is 14. The van der Waals surface area contributed by atoms with Crippen LogP contribution in [0.15, 0.2) is 24.3 Å². The maximum Gasteiger partial charge on any atom is 0.0585 e. The Labute approximate surface area is 143 Å². The molecule has 3 N–H and O–H groups in total. The summed E-state index contributed by atoms with van der Waals surface area (Å²) in [5.74, 6) is 0. The maximum absolute atomic E-state index is 8.98. The first-order valence-electron chi connectivity index (χ1n) is 9.70. The Morgan fingerprint density at radius 1 is 0.783 bits per heavy atom. The molecule has 23 heavy (non-hydrogen) atoms. The molecule has 0 fully saturated rings. The number of nitrogens with two attached hydrogens (primary N) is 1. The molecule has 0 aliphatic rings. The van der Waals surface area contributed by atoms with Crippen molar-refractivity contribution in [3.8, 4) is 0 Å². The van der Waals surface area contributed by atoms with Gasteiger partial charge in [0.25, 0.3) is 0 Å². The smallest absolute Gasteiger partial charge is 0.0585 e. The van der Waals surface area contributed by atoms with Crippen LogP contribution in [0.5, 0.6) is 0 Å². The first kappa shape index (κ1) is 20.2. The molecule has 0 saturated heterocycles. The average molecular weight is 320 g/mol. The Hall–Kier alpha value is -0.860. The summed E-state index contributed by atoms with van der Waals surface area (Å²) in [5.41, 5.74) is 8.41. The molecule has 2 nitrogen and oxygen atoms in total. The van der Waals surface area contributed by atoms with Crippen molar-refractivity contribution in [1.29, 1.82) is 0 Å². The summed E-state index contributed by atoms with van der Waals surface area (Å²) in [6.45, 7) is 2.33. The van der Waals surface area contributed by atoms with Crippen molar-refractivity contribution in [3.63, 3.8) is 0 Å². The summed E-state index contributed by atoms with van der Waals surface area (Å²) >= 11 is 0. The average Bonchev–Trinajstić information content (AvgIpc) is 2.58. The third-order valence-corrected chi connectivity index (χ3v) is 4.57. The molecule has 0 aliphatic carbocycles. The van der Waals surface area contributed by atoms with E-state index in [-0.39, 0.29) is 12.6 Å². The lowest BCUT2D eigenvalue weighted by Gasteiger charge is -2.09. The van der Waals surface area contributed by atoms with Crippen molar-refractivity contribution in [3.05, 3.63) is 35.4 Å². The summed E-state index contributed by atoms with van der Waals surface area (Å²) in [6, 6.07) is 8.60. The topological polar surface area (TPSA) is 46.2 Å². The molecule has 0 aromatic heterocycles. The van der Waals surface area contributed by atoms with E-state index in [1.807, 2.05) is 0 Å². The highest BCUT2D eigenvalue weighted by molar-refractivity contribution is 5.23. The monoisotopic (exact) mass is 319 g/mol. The van der Waals surface area contributed by atoms with Crippen molar-refractivity contribution in [2.75, 3.05) is 6.61 Å². The number of hydrogen-bond donors (Lipinski definition) is 2. The number of aliphatic hydroxyl groups is 1. The van der Waals surface area contributed by atoms with E-state index < -0.39 is 0 Å². The molecule has 1 atom stereocenters. The van der Waals surface area contributed by atoms with E-state index in [0.717, 1.165) is 6.42 Å². The fourth-order valence-corrected chi connectivity index (χ4v) is 3.03. The maximum atomic E-state index is 8.98. The van der Waals surface area contributed by atoms with E-state index in [1.54, 1.807) is 0 Å². The molecule has 1 rings (SSSR count). The zero-order chi connectivity index (χ0) is 16.8. The van der Waals surface area contributed by atoms with Crippen LogP contribution in [0.4, 0.5) is 0 Å². The third kappa shape index (κ3) is 10.5. The van der Waals surface area contributed by atoms with E-state index in [9.17, 15) is 0 Å². The van der Waals surface area contributed by atoms with Crippen molar-refractivity contribution >= 4 is 0 Å². The molecule has 0 bridgehead atoms. The molecule has 0 amide bonds. The van der Waals surface area contributed by atoms with Gasteiger partial charge in [-0.15, -0.1) is 0 Å². The summed E-state index contributed by atoms with van der Waals surface area (Å²) in [7, 11) is 0. The molecular formula is C21H37NO. The lowest BCUT2D eigenvalue weighted by atomic mass is 10.0. The second-order valence-corrected chi connectivity index (χ2v) is 6.90. The minimum atomic E-state index is -0.136. The predicted molar refractivity (Wildman–Crippen MR) is 101 cm³/mol. The largest absolute Gasteiger partial charge is 0.395 e. The highest BCUT2D eigenvalue weighted by Gasteiger charge is 2.02. The minimum Gasteiger partial charge on any atom is -0.395 e. The fraction of sp³-hybridized carbons (Fsp3) is 0.714. The normalized spacial score (nSPS) is 12.5. The lowest BCUT2D eigenvalue weighted by Crippen LogP contribution is -2.26. The molecule has 0 saturated carbocycles. The Balaban J connectivity index is 2.01. The van der Waals surface area contributed by atoms with Crippen LogP contribution in [-0.4, -0.2) is 17.8 Å². The fourth-order valence-electron chi connectivity index (χ4n) is 3.03. The molecule has 1 aromatic carbocycles. The van der Waals surface area contributed by atoms with E-state index >= 15 is 0 Å². The molecule has 0 radical (unpaired) electrons. The van der Waals surface area contributed by atoms with Crippen LogP contribution in [0.25, 0.3) is 0 Å². The molecule has 0 aliphatic heterocycles. The van der Waals surface area contributed by atoms with Gasteiger partial charge in [-0.3, -0.25) is 0 Å². The van der Waals surface area contributed by atoms with Gasteiger partial charge in [-0.1, -0.05) is 89.0 Å². The van der Waals surface area contributed by atoms with Crippen LogP contribution in [0.1, 0.15) is 82.3 Å². The van der Waals surface area contributed by atoms with Gasteiger partial charge in [-0.25, -0.2) is 0 Å². The molecule has 132 valence electrons. The summed E-state index contributed by atoms with van der Waals surface area (Å²) < 4.78 is 0. The van der Waals surface area contributed by atoms with E-state index in [4.69, 9.17) is 10.8 Å². The van der Waals surface area contributed by atoms with Crippen LogP contribution in [-0.2, 0) is 12.8 Å². The second kappa shape index (κ2) is 13.6. The standard InChI is InChI=1S/C21H37NO/c1-2-3-4-5-6-7-8-9-10-11-12-19-13-15-20(16-14-19)17-21(22)18-23/h13-16,21,23H,2-12,17-18,22H2,1H3/t21-/m0/s1. The van der Waals surface area contributed by atoms with Gasteiger partial charge in [0.2, 0.25) is 0 Å². The summed E-state index contributed by atoms with van der Waals surface area (Å²) in [4.78, 5) is 0. The number of unbranched alkanes of at least 4 members (excludes halogenated alkanes) is 9. The third-order valence-electron chi connectivity index (χ3n) is 4.57. The van der Waals surface area contributed by atoms with Gasteiger partial charge in [0.15, 0.2) is 0 Å². The molecule has 0 spiro atoms. The lowest BCUT2D eigenvalue weighted by molar-refractivity contribution is 0.265. The van der Waals surface area contributed by atoms with Crippen LogP contribution in [0, 0.1) is 0 Å². The SMILES string of the molecule is CCCCCCCCCCCCc1ccc(C[C@H](N)CO)cc1. The first-order chi connectivity index (χ1) is 11.3. The van der Waals surface area contributed by atoms with Crippen molar-refractivity contribution in [1.82, 2.24) is 0 Å². The number of aryl methyl sites for hydroxylation is 1. The van der Waals surface area contributed by atoms with Crippen molar-refractivity contribution < 1.29 is 5.11 Å².